The molecule has 2 atom stereocenters. The zero-order valence-electron chi connectivity index (χ0n) is 8.19. The van der Waals surface area contributed by atoms with Gasteiger partial charge in [0, 0.05) is 12.0 Å². The maximum Gasteiger partial charge on any atom is 0.262 e. The van der Waals surface area contributed by atoms with Gasteiger partial charge in [-0.25, -0.2) is 0 Å². The van der Waals surface area contributed by atoms with Crippen molar-refractivity contribution in [1.82, 2.24) is 0 Å². The molecule has 0 radical (unpaired) electrons. The molecule has 1 fully saturated rings. The Hall–Kier alpha value is -1.55. The van der Waals surface area contributed by atoms with Gasteiger partial charge in [0.25, 0.3) is 5.91 Å². The second-order valence-electron chi connectivity index (χ2n) is 4.10. The standard InChI is InChI=1S/C11H12N2O2/c12-8-4-7(8)6-1-2-10-9(3-6)13-11(14)5-15-10/h1-3,7-8H,4-5,12H2,(H,13,14). The number of fused-ring (bicyclic) bond motifs is 1. The van der Waals surface area contributed by atoms with E-state index in [0.717, 1.165) is 17.9 Å². The molecular formula is C11H12N2O2. The molecule has 4 nitrogen and oxygen atoms in total. The molecule has 1 aliphatic carbocycles. The van der Waals surface area contributed by atoms with E-state index in [2.05, 4.69) is 5.32 Å². The lowest BCUT2D eigenvalue weighted by atomic mass is 10.1. The summed E-state index contributed by atoms with van der Waals surface area (Å²) in [4.78, 5) is 11.1. The van der Waals surface area contributed by atoms with Crippen LogP contribution >= 0.6 is 0 Å². The van der Waals surface area contributed by atoms with Crippen molar-refractivity contribution >= 4 is 11.6 Å². The number of rotatable bonds is 1. The van der Waals surface area contributed by atoms with E-state index in [1.165, 1.54) is 5.56 Å². The highest BCUT2D eigenvalue weighted by atomic mass is 16.5. The molecule has 0 saturated heterocycles. The van der Waals surface area contributed by atoms with Crippen molar-refractivity contribution in [2.24, 2.45) is 5.73 Å². The normalized spacial score (nSPS) is 27.7. The summed E-state index contributed by atoms with van der Waals surface area (Å²) < 4.78 is 5.27. The van der Waals surface area contributed by atoms with Crippen LogP contribution in [0.3, 0.4) is 0 Å². The van der Waals surface area contributed by atoms with Crippen molar-refractivity contribution in [3.63, 3.8) is 0 Å². The van der Waals surface area contributed by atoms with Gasteiger partial charge in [-0.2, -0.15) is 0 Å². The third kappa shape index (κ3) is 1.47. The molecule has 1 aromatic rings. The lowest BCUT2D eigenvalue weighted by molar-refractivity contribution is -0.118. The molecule has 78 valence electrons. The fourth-order valence-corrected chi connectivity index (χ4v) is 1.93. The summed E-state index contributed by atoms with van der Waals surface area (Å²) in [6.07, 6.45) is 1.04. The van der Waals surface area contributed by atoms with Crippen molar-refractivity contribution in [1.29, 1.82) is 0 Å². The molecule has 1 aromatic carbocycles. The highest BCUT2D eigenvalue weighted by Gasteiger charge is 2.35. The summed E-state index contributed by atoms with van der Waals surface area (Å²) in [5.74, 6) is 1.10. The average molecular weight is 204 g/mol. The molecule has 1 heterocycles. The van der Waals surface area contributed by atoms with E-state index >= 15 is 0 Å². The van der Waals surface area contributed by atoms with Crippen molar-refractivity contribution < 1.29 is 9.53 Å². The Bertz CT molecular complexity index is 431. The zero-order chi connectivity index (χ0) is 10.4. The Labute approximate surface area is 87.4 Å². The predicted molar refractivity (Wildman–Crippen MR) is 55.9 cm³/mol. The first kappa shape index (κ1) is 8.73. The SMILES string of the molecule is NC1CC1c1ccc2c(c1)NC(=O)CO2. The summed E-state index contributed by atoms with van der Waals surface area (Å²) in [5.41, 5.74) is 7.74. The van der Waals surface area contributed by atoms with Crippen LogP contribution in [0, 0.1) is 0 Å². The Balaban J connectivity index is 1.94. The van der Waals surface area contributed by atoms with Crippen LogP contribution in [0.15, 0.2) is 18.2 Å². The minimum absolute atomic E-state index is 0.0975. The Morgan fingerprint density at radius 1 is 1.47 bits per heavy atom. The van der Waals surface area contributed by atoms with Crippen LogP contribution in [0.2, 0.25) is 0 Å². The average Bonchev–Trinajstić information content (AvgIpc) is 2.94. The Morgan fingerprint density at radius 3 is 3.00 bits per heavy atom. The van der Waals surface area contributed by atoms with Gasteiger partial charge < -0.3 is 15.8 Å². The number of amides is 1. The topological polar surface area (TPSA) is 64.3 Å². The molecular weight excluding hydrogens is 192 g/mol. The summed E-state index contributed by atoms with van der Waals surface area (Å²) in [6.45, 7) is 0.106. The van der Waals surface area contributed by atoms with Gasteiger partial charge in [0.1, 0.15) is 5.75 Å². The number of hydrogen-bond acceptors (Lipinski definition) is 3. The van der Waals surface area contributed by atoms with Crippen LogP contribution in [0.4, 0.5) is 5.69 Å². The smallest absolute Gasteiger partial charge is 0.262 e. The van der Waals surface area contributed by atoms with Crippen molar-refractivity contribution in [2.75, 3.05) is 11.9 Å². The van der Waals surface area contributed by atoms with Crippen LogP contribution in [-0.4, -0.2) is 18.6 Å². The maximum atomic E-state index is 11.1. The molecule has 4 heteroatoms. The quantitative estimate of drug-likeness (QED) is 0.712. The van der Waals surface area contributed by atoms with E-state index in [4.69, 9.17) is 10.5 Å². The van der Waals surface area contributed by atoms with Gasteiger partial charge in [-0.1, -0.05) is 6.07 Å². The van der Waals surface area contributed by atoms with Crippen LogP contribution in [0.5, 0.6) is 5.75 Å². The number of ether oxygens (including phenoxy) is 1. The van der Waals surface area contributed by atoms with Gasteiger partial charge in [0.15, 0.2) is 6.61 Å². The lowest BCUT2D eigenvalue weighted by Gasteiger charge is -2.18. The van der Waals surface area contributed by atoms with E-state index in [9.17, 15) is 4.79 Å². The molecule has 1 amide bonds. The number of carbonyl (C=O) groups is 1. The molecule has 0 spiro atoms. The molecule has 0 bridgehead atoms. The van der Waals surface area contributed by atoms with E-state index < -0.39 is 0 Å². The van der Waals surface area contributed by atoms with Crippen LogP contribution < -0.4 is 15.8 Å². The Morgan fingerprint density at radius 2 is 2.27 bits per heavy atom. The predicted octanol–water partition coefficient (Wildman–Crippen LogP) is 0.832. The maximum absolute atomic E-state index is 11.1. The summed E-state index contributed by atoms with van der Waals surface area (Å²) in [5, 5.41) is 2.79. The van der Waals surface area contributed by atoms with Gasteiger partial charge >= 0.3 is 0 Å². The number of nitrogens with two attached hydrogens (primary N) is 1. The first-order valence-corrected chi connectivity index (χ1v) is 5.06. The fourth-order valence-electron chi connectivity index (χ4n) is 1.93. The lowest BCUT2D eigenvalue weighted by Crippen LogP contribution is -2.25. The first-order valence-electron chi connectivity index (χ1n) is 5.06. The highest BCUT2D eigenvalue weighted by molar-refractivity contribution is 5.95. The Kier molecular flexibility index (Phi) is 1.73. The molecule has 2 unspecified atom stereocenters. The third-order valence-electron chi connectivity index (χ3n) is 2.90. The van der Waals surface area contributed by atoms with Gasteiger partial charge in [-0.15, -0.1) is 0 Å². The van der Waals surface area contributed by atoms with Crippen LogP contribution in [0.25, 0.3) is 0 Å². The molecule has 1 aliphatic heterocycles. The minimum atomic E-state index is -0.0975. The molecule has 3 rings (SSSR count). The van der Waals surface area contributed by atoms with Gasteiger partial charge in [-0.05, 0) is 24.1 Å². The first-order chi connectivity index (χ1) is 7.24. The van der Waals surface area contributed by atoms with Crippen LogP contribution in [-0.2, 0) is 4.79 Å². The van der Waals surface area contributed by atoms with Gasteiger partial charge in [-0.3, -0.25) is 4.79 Å². The number of carbonyl (C=O) groups excluding carboxylic acids is 1. The second-order valence-corrected chi connectivity index (χ2v) is 4.10. The number of hydrogen-bond donors (Lipinski definition) is 2. The fraction of sp³-hybridized carbons (Fsp3) is 0.364. The van der Waals surface area contributed by atoms with E-state index in [-0.39, 0.29) is 18.6 Å². The molecule has 0 aromatic heterocycles. The van der Waals surface area contributed by atoms with Crippen molar-refractivity contribution in [3.05, 3.63) is 23.8 Å². The van der Waals surface area contributed by atoms with E-state index in [0.29, 0.717) is 5.92 Å². The molecule has 2 aliphatic rings. The summed E-state index contributed by atoms with van der Waals surface area (Å²) in [6, 6.07) is 6.16. The minimum Gasteiger partial charge on any atom is -0.482 e. The molecule has 3 N–H and O–H groups in total. The zero-order valence-corrected chi connectivity index (χ0v) is 8.19. The monoisotopic (exact) mass is 204 g/mol. The highest BCUT2D eigenvalue weighted by Crippen LogP contribution is 2.41. The molecule has 1 saturated carbocycles. The largest absolute Gasteiger partial charge is 0.482 e. The molecule has 15 heavy (non-hydrogen) atoms. The van der Waals surface area contributed by atoms with E-state index in [1.807, 2.05) is 18.2 Å². The van der Waals surface area contributed by atoms with E-state index in [1.54, 1.807) is 0 Å². The van der Waals surface area contributed by atoms with Crippen molar-refractivity contribution in [2.45, 2.75) is 18.4 Å². The van der Waals surface area contributed by atoms with Gasteiger partial charge in [0.2, 0.25) is 0 Å². The van der Waals surface area contributed by atoms with Crippen LogP contribution in [0.1, 0.15) is 17.9 Å². The van der Waals surface area contributed by atoms with Crippen molar-refractivity contribution in [3.8, 4) is 5.75 Å². The third-order valence-corrected chi connectivity index (χ3v) is 2.90. The summed E-state index contributed by atoms with van der Waals surface area (Å²) in [7, 11) is 0. The summed E-state index contributed by atoms with van der Waals surface area (Å²) >= 11 is 0. The number of anilines is 1. The second kappa shape index (κ2) is 2.97. The number of benzene rings is 1. The number of nitrogens with one attached hydrogen (secondary N) is 1. The van der Waals surface area contributed by atoms with Gasteiger partial charge in [0.05, 0.1) is 5.69 Å².